The van der Waals surface area contributed by atoms with Gasteiger partial charge in [0.25, 0.3) is 0 Å². The lowest BCUT2D eigenvalue weighted by Crippen LogP contribution is -2.60. The van der Waals surface area contributed by atoms with Crippen molar-refractivity contribution in [3.63, 3.8) is 0 Å². The Morgan fingerprint density at radius 1 is 1.06 bits per heavy atom. The molecule has 0 amide bonds. The van der Waals surface area contributed by atoms with Crippen LogP contribution in [0.2, 0.25) is 5.15 Å². The number of rotatable bonds is 4. The van der Waals surface area contributed by atoms with Gasteiger partial charge < -0.3 is 4.90 Å². The molecule has 5 rings (SSSR count). The van der Waals surface area contributed by atoms with Gasteiger partial charge in [-0.15, -0.1) is 4.59 Å². The highest BCUT2D eigenvalue weighted by Gasteiger charge is 2.44. The fraction of sp³-hybridized carbons (Fsp3) is 0.227. The molecule has 1 saturated heterocycles. The number of fused-ring (bicyclic) bond motifs is 1. The van der Waals surface area contributed by atoms with Gasteiger partial charge in [0, 0.05) is 49.2 Å². The van der Waals surface area contributed by atoms with Crippen LogP contribution in [0.4, 0.5) is 24.5 Å². The second-order valence-electron chi connectivity index (χ2n) is 7.92. The number of benzene rings is 1. The summed E-state index contributed by atoms with van der Waals surface area (Å²) in [6, 6.07) is 7.50. The van der Waals surface area contributed by atoms with E-state index >= 15 is 0 Å². The fourth-order valence-corrected chi connectivity index (χ4v) is 4.41. The Hall–Kier alpha value is -2.85. The second-order valence-corrected chi connectivity index (χ2v) is 8.31. The number of piperidine rings is 1. The summed E-state index contributed by atoms with van der Waals surface area (Å²) in [5.41, 5.74) is 8.62. The van der Waals surface area contributed by atoms with Gasteiger partial charge in [0.1, 0.15) is 11.4 Å². The van der Waals surface area contributed by atoms with Crippen molar-refractivity contribution < 1.29 is 13.2 Å². The van der Waals surface area contributed by atoms with E-state index in [1.54, 1.807) is 23.6 Å². The molecule has 2 N–H and O–H groups in total. The van der Waals surface area contributed by atoms with Gasteiger partial charge in [0.05, 0.1) is 0 Å². The summed E-state index contributed by atoms with van der Waals surface area (Å²) in [7, 11) is 0. The standard InChI is InChI=1S/C22H21ClF3N6/c23-22-11-17(5-8-27-22)30-9-6-16(7-10-30)28-31-13-19-2-1-15(24)14-32(19,29-31)18-3-4-20(25)21(26)12-18/h1-5,8,11-14,16,28-29H,6-7,9-10H2/q+1. The first-order valence-corrected chi connectivity index (χ1v) is 10.6. The van der Waals surface area contributed by atoms with Crippen LogP contribution in [0, 0.1) is 11.6 Å². The van der Waals surface area contributed by atoms with Crippen LogP contribution >= 0.6 is 11.6 Å². The molecule has 166 valence electrons. The first-order chi connectivity index (χ1) is 15.4. The van der Waals surface area contributed by atoms with E-state index in [1.807, 2.05) is 12.1 Å². The van der Waals surface area contributed by atoms with Crippen molar-refractivity contribution in [2.75, 3.05) is 18.0 Å². The molecule has 1 atom stereocenters. The minimum Gasteiger partial charge on any atom is -0.371 e. The molecule has 1 unspecified atom stereocenters. The number of nitrogens with zero attached hydrogens (tertiary/aromatic N) is 4. The molecule has 1 aromatic heterocycles. The van der Waals surface area contributed by atoms with Gasteiger partial charge in [-0.25, -0.2) is 23.6 Å². The van der Waals surface area contributed by atoms with Crippen LogP contribution in [0.15, 0.2) is 72.6 Å². The predicted molar refractivity (Wildman–Crippen MR) is 117 cm³/mol. The molecule has 0 spiro atoms. The SMILES string of the molecule is FC1=C[N+]2(c3ccc(F)c(F)c3)NN(NC3CCN(c4ccnc(Cl)c4)CC3)C=C2C=C1. The zero-order chi connectivity index (χ0) is 22.3. The lowest BCUT2D eigenvalue weighted by atomic mass is 10.1. The highest BCUT2D eigenvalue weighted by molar-refractivity contribution is 6.29. The summed E-state index contributed by atoms with van der Waals surface area (Å²) in [6.45, 7) is 1.67. The molecule has 1 fully saturated rings. The third kappa shape index (κ3) is 3.88. The number of nitrogens with one attached hydrogen (secondary N) is 2. The van der Waals surface area contributed by atoms with Gasteiger partial charge in [0.2, 0.25) is 0 Å². The predicted octanol–water partition coefficient (Wildman–Crippen LogP) is 4.45. The number of hydrazine groups is 2. The van der Waals surface area contributed by atoms with Crippen LogP contribution in [0.1, 0.15) is 12.8 Å². The molecular formula is C22H21ClF3N6+. The quantitative estimate of drug-likeness (QED) is 0.520. The molecule has 1 aromatic carbocycles. The Labute approximate surface area is 188 Å². The molecule has 3 aliphatic rings. The highest BCUT2D eigenvalue weighted by Crippen LogP contribution is 2.36. The zero-order valence-corrected chi connectivity index (χ0v) is 17.7. The second kappa shape index (κ2) is 8.25. The summed E-state index contributed by atoms with van der Waals surface area (Å²) >= 11 is 6.00. The Bertz CT molecular complexity index is 1130. The average Bonchev–Trinajstić information content (AvgIpc) is 3.14. The minimum absolute atomic E-state index is 0.164. The van der Waals surface area contributed by atoms with Crippen LogP contribution in [-0.4, -0.2) is 29.2 Å². The maximum absolute atomic E-state index is 14.2. The molecule has 0 radical (unpaired) electrons. The van der Waals surface area contributed by atoms with Crippen LogP contribution in [0.25, 0.3) is 0 Å². The minimum atomic E-state index is -0.991. The molecule has 4 heterocycles. The first kappa shape index (κ1) is 21.0. The lowest BCUT2D eigenvalue weighted by Gasteiger charge is -2.36. The van der Waals surface area contributed by atoms with E-state index in [0.717, 1.165) is 43.8 Å². The number of aromatic nitrogens is 1. The molecule has 0 saturated carbocycles. The molecule has 10 heteroatoms. The third-order valence-electron chi connectivity index (χ3n) is 5.87. The van der Waals surface area contributed by atoms with Crippen LogP contribution in [0.5, 0.6) is 0 Å². The van der Waals surface area contributed by atoms with Crippen molar-refractivity contribution in [1.29, 1.82) is 0 Å². The first-order valence-electron chi connectivity index (χ1n) is 10.3. The van der Waals surface area contributed by atoms with Gasteiger partial charge in [-0.3, -0.25) is 0 Å². The van der Waals surface area contributed by atoms with E-state index < -0.39 is 17.5 Å². The van der Waals surface area contributed by atoms with Crippen LogP contribution < -0.4 is 20.5 Å². The van der Waals surface area contributed by atoms with Gasteiger partial charge in [-0.05, 0) is 42.7 Å². The van der Waals surface area contributed by atoms with Crippen molar-refractivity contribution in [2.24, 2.45) is 0 Å². The molecular weight excluding hydrogens is 441 g/mol. The number of halogens is 4. The molecule has 0 aliphatic carbocycles. The maximum atomic E-state index is 14.2. The fourth-order valence-electron chi connectivity index (χ4n) is 4.24. The molecule has 0 bridgehead atoms. The maximum Gasteiger partial charge on any atom is 0.183 e. The lowest BCUT2D eigenvalue weighted by molar-refractivity contribution is 0.0919. The Morgan fingerprint density at radius 2 is 1.88 bits per heavy atom. The van der Waals surface area contributed by atoms with E-state index in [1.165, 1.54) is 18.3 Å². The molecule has 32 heavy (non-hydrogen) atoms. The van der Waals surface area contributed by atoms with Crippen LogP contribution in [-0.2, 0) is 0 Å². The van der Waals surface area contributed by atoms with Gasteiger partial charge in [-0.2, -0.15) is 5.12 Å². The topological polar surface area (TPSA) is 43.4 Å². The summed E-state index contributed by atoms with van der Waals surface area (Å²) in [4.78, 5) is 6.27. The normalized spacial score (nSPS) is 23.2. The zero-order valence-electron chi connectivity index (χ0n) is 17.0. The van der Waals surface area contributed by atoms with E-state index in [4.69, 9.17) is 11.6 Å². The number of pyridine rings is 1. The monoisotopic (exact) mass is 461 g/mol. The van der Waals surface area contributed by atoms with E-state index in [2.05, 4.69) is 20.8 Å². The van der Waals surface area contributed by atoms with Crippen LogP contribution in [0.3, 0.4) is 0 Å². The Morgan fingerprint density at radius 3 is 2.62 bits per heavy atom. The van der Waals surface area contributed by atoms with Gasteiger partial charge in [-0.1, -0.05) is 11.6 Å². The van der Waals surface area contributed by atoms with E-state index in [-0.39, 0.29) is 10.6 Å². The van der Waals surface area contributed by atoms with Gasteiger partial charge in [0.15, 0.2) is 35.0 Å². The average molecular weight is 462 g/mol. The van der Waals surface area contributed by atoms with Crippen molar-refractivity contribution in [3.8, 4) is 0 Å². The van der Waals surface area contributed by atoms with Gasteiger partial charge >= 0.3 is 0 Å². The number of anilines is 1. The summed E-state index contributed by atoms with van der Waals surface area (Å²) in [5.74, 6) is -2.43. The summed E-state index contributed by atoms with van der Waals surface area (Å²) < 4.78 is 41.4. The summed E-state index contributed by atoms with van der Waals surface area (Å²) in [6.07, 6.45) is 9.48. The number of hydrogen-bond donors (Lipinski definition) is 2. The van der Waals surface area contributed by atoms with Crippen molar-refractivity contribution in [2.45, 2.75) is 18.9 Å². The number of hydrogen-bond acceptors (Lipinski definition) is 5. The van der Waals surface area contributed by atoms with E-state index in [0.29, 0.717) is 16.5 Å². The van der Waals surface area contributed by atoms with Crippen molar-refractivity contribution >= 4 is 23.0 Å². The third-order valence-corrected chi connectivity index (χ3v) is 6.07. The number of allylic oxidation sites excluding steroid dienone is 3. The smallest absolute Gasteiger partial charge is 0.183 e. The Kier molecular flexibility index (Phi) is 5.42. The molecule has 2 aromatic rings. The molecule has 3 aliphatic heterocycles. The van der Waals surface area contributed by atoms with E-state index in [9.17, 15) is 13.2 Å². The number of quaternary nitrogens is 1. The largest absolute Gasteiger partial charge is 0.371 e. The van der Waals surface area contributed by atoms with Crippen molar-refractivity contribution in [3.05, 3.63) is 89.4 Å². The summed E-state index contributed by atoms with van der Waals surface area (Å²) in [5, 5.41) is 2.13. The molecule has 6 nitrogen and oxygen atoms in total. The Balaban J connectivity index is 1.30. The highest BCUT2D eigenvalue weighted by atomic mass is 35.5. The van der Waals surface area contributed by atoms with Crippen molar-refractivity contribution in [1.82, 2.24) is 25.7 Å².